The molecule has 0 aliphatic carbocycles. The maximum Gasteiger partial charge on any atom is 0.150 e. The van der Waals surface area contributed by atoms with Crippen molar-refractivity contribution in [1.29, 1.82) is 0 Å². The van der Waals surface area contributed by atoms with E-state index in [2.05, 4.69) is 4.98 Å². The molecule has 19 heavy (non-hydrogen) atoms. The van der Waals surface area contributed by atoms with Crippen LogP contribution in [0, 0.1) is 5.82 Å². The zero-order valence-electron chi connectivity index (χ0n) is 10.1. The molecule has 2 N–H and O–H groups in total. The predicted octanol–water partition coefficient (Wildman–Crippen LogP) is 3.38. The van der Waals surface area contributed by atoms with E-state index in [0.29, 0.717) is 12.2 Å². The summed E-state index contributed by atoms with van der Waals surface area (Å²) in [5, 5.41) is 2.01. The number of anilines is 1. The number of thiophene rings is 1. The van der Waals surface area contributed by atoms with E-state index >= 15 is 0 Å². The molecular weight excluding hydrogens is 261 g/mol. The van der Waals surface area contributed by atoms with E-state index in [-0.39, 0.29) is 5.82 Å². The lowest BCUT2D eigenvalue weighted by Crippen LogP contribution is -2.01. The van der Waals surface area contributed by atoms with Crippen LogP contribution in [0.4, 0.5) is 10.1 Å². The summed E-state index contributed by atoms with van der Waals surface area (Å²) in [7, 11) is 0. The molecule has 0 spiro atoms. The van der Waals surface area contributed by atoms with Crippen LogP contribution < -0.4 is 5.73 Å². The molecule has 0 saturated heterocycles. The summed E-state index contributed by atoms with van der Waals surface area (Å²) in [5.74, 6) is 0.575. The fourth-order valence-corrected chi connectivity index (χ4v) is 2.77. The SMILES string of the molecule is Nc1cc(F)cc(Cn2ccnc2-c2cccs2)c1. The molecule has 0 atom stereocenters. The Labute approximate surface area is 114 Å². The van der Waals surface area contributed by atoms with Gasteiger partial charge in [0.15, 0.2) is 0 Å². The second-order valence-corrected chi connectivity index (χ2v) is 5.20. The van der Waals surface area contributed by atoms with Crippen LogP contribution in [0.15, 0.2) is 48.1 Å². The predicted molar refractivity (Wildman–Crippen MR) is 75.5 cm³/mol. The molecule has 2 heterocycles. The van der Waals surface area contributed by atoms with Gasteiger partial charge in [0.2, 0.25) is 0 Å². The van der Waals surface area contributed by atoms with Gasteiger partial charge in [0.05, 0.1) is 4.88 Å². The van der Waals surface area contributed by atoms with Crippen LogP contribution in [0.3, 0.4) is 0 Å². The third-order valence-electron chi connectivity index (χ3n) is 2.79. The zero-order chi connectivity index (χ0) is 13.2. The van der Waals surface area contributed by atoms with Crippen molar-refractivity contribution >= 4 is 17.0 Å². The van der Waals surface area contributed by atoms with Gasteiger partial charge in [-0.15, -0.1) is 11.3 Å². The number of imidazole rings is 1. The number of hydrogen-bond acceptors (Lipinski definition) is 3. The van der Waals surface area contributed by atoms with Gasteiger partial charge in [0, 0.05) is 24.6 Å². The molecule has 0 fully saturated rings. The Morgan fingerprint density at radius 1 is 1.32 bits per heavy atom. The third kappa shape index (κ3) is 2.51. The number of nitrogens with zero attached hydrogens (tertiary/aromatic N) is 2. The summed E-state index contributed by atoms with van der Waals surface area (Å²) in [6.07, 6.45) is 3.63. The van der Waals surface area contributed by atoms with Crippen LogP contribution >= 0.6 is 11.3 Å². The number of halogens is 1. The smallest absolute Gasteiger partial charge is 0.150 e. The largest absolute Gasteiger partial charge is 0.399 e. The van der Waals surface area contributed by atoms with Gasteiger partial charge >= 0.3 is 0 Å². The third-order valence-corrected chi connectivity index (χ3v) is 3.66. The maximum absolute atomic E-state index is 13.3. The van der Waals surface area contributed by atoms with Gasteiger partial charge in [-0.05, 0) is 35.2 Å². The van der Waals surface area contributed by atoms with Crippen LogP contribution in [0.5, 0.6) is 0 Å². The number of hydrogen-bond donors (Lipinski definition) is 1. The van der Waals surface area contributed by atoms with Crippen molar-refractivity contribution in [3.05, 3.63) is 59.5 Å². The van der Waals surface area contributed by atoms with Gasteiger partial charge in [-0.3, -0.25) is 0 Å². The monoisotopic (exact) mass is 273 g/mol. The van der Waals surface area contributed by atoms with Crippen molar-refractivity contribution in [2.75, 3.05) is 5.73 Å². The minimum atomic E-state index is -0.312. The average molecular weight is 273 g/mol. The lowest BCUT2D eigenvalue weighted by Gasteiger charge is -2.07. The van der Waals surface area contributed by atoms with E-state index in [4.69, 9.17) is 5.73 Å². The van der Waals surface area contributed by atoms with E-state index in [1.54, 1.807) is 23.6 Å². The second kappa shape index (κ2) is 4.85. The fraction of sp³-hybridized carbons (Fsp3) is 0.0714. The lowest BCUT2D eigenvalue weighted by molar-refractivity contribution is 0.624. The summed E-state index contributed by atoms with van der Waals surface area (Å²) in [5.41, 5.74) is 6.92. The van der Waals surface area contributed by atoms with Gasteiger partial charge < -0.3 is 10.3 Å². The van der Waals surface area contributed by atoms with Crippen molar-refractivity contribution in [2.24, 2.45) is 0 Å². The second-order valence-electron chi connectivity index (χ2n) is 4.25. The molecule has 96 valence electrons. The van der Waals surface area contributed by atoms with Crippen LogP contribution in [0.2, 0.25) is 0 Å². The van der Waals surface area contributed by atoms with Crippen LogP contribution in [-0.2, 0) is 6.54 Å². The highest BCUT2D eigenvalue weighted by molar-refractivity contribution is 7.13. The molecule has 3 aromatic rings. The normalized spacial score (nSPS) is 10.8. The highest BCUT2D eigenvalue weighted by Gasteiger charge is 2.08. The van der Waals surface area contributed by atoms with Crippen LogP contribution in [0.1, 0.15) is 5.56 Å². The number of aromatic nitrogens is 2. The van der Waals surface area contributed by atoms with Gasteiger partial charge in [0.1, 0.15) is 11.6 Å². The highest BCUT2D eigenvalue weighted by Crippen LogP contribution is 2.24. The quantitative estimate of drug-likeness (QED) is 0.743. The molecule has 2 aromatic heterocycles. The molecule has 0 aliphatic heterocycles. The zero-order valence-corrected chi connectivity index (χ0v) is 10.9. The van der Waals surface area contributed by atoms with Crippen molar-refractivity contribution in [1.82, 2.24) is 9.55 Å². The minimum Gasteiger partial charge on any atom is -0.399 e. The highest BCUT2D eigenvalue weighted by atomic mass is 32.1. The molecule has 0 aliphatic rings. The van der Waals surface area contributed by atoms with E-state index in [9.17, 15) is 4.39 Å². The number of rotatable bonds is 3. The summed E-state index contributed by atoms with van der Waals surface area (Å²) < 4.78 is 15.3. The first kappa shape index (κ1) is 11.9. The Hall–Kier alpha value is -2.14. The van der Waals surface area contributed by atoms with Crippen molar-refractivity contribution in [3.63, 3.8) is 0 Å². The molecule has 0 bridgehead atoms. The Morgan fingerprint density at radius 2 is 2.21 bits per heavy atom. The van der Waals surface area contributed by atoms with Gasteiger partial charge in [-0.2, -0.15) is 0 Å². The molecule has 0 saturated carbocycles. The molecule has 0 unspecified atom stereocenters. The fourth-order valence-electron chi connectivity index (χ4n) is 2.03. The Morgan fingerprint density at radius 3 is 2.95 bits per heavy atom. The molecule has 5 heteroatoms. The van der Waals surface area contributed by atoms with E-state index < -0.39 is 0 Å². The minimum absolute atomic E-state index is 0.312. The lowest BCUT2D eigenvalue weighted by atomic mass is 10.2. The maximum atomic E-state index is 13.3. The first-order valence-electron chi connectivity index (χ1n) is 5.82. The molecule has 3 rings (SSSR count). The number of benzene rings is 1. The Kier molecular flexibility index (Phi) is 3.05. The van der Waals surface area contributed by atoms with Crippen LogP contribution in [0.25, 0.3) is 10.7 Å². The van der Waals surface area contributed by atoms with Gasteiger partial charge in [-0.25, -0.2) is 9.37 Å². The Bertz CT molecular complexity index is 668. The Balaban J connectivity index is 1.94. The standard InChI is InChI=1S/C14H12FN3S/c15-11-6-10(7-12(16)8-11)9-18-4-3-17-14(18)13-2-1-5-19-13/h1-8H,9,16H2. The average Bonchev–Trinajstić information content (AvgIpc) is 2.96. The van der Waals surface area contributed by atoms with E-state index in [0.717, 1.165) is 16.3 Å². The van der Waals surface area contributed by atoms with Crippen molar-refractivity contribution < 1.29 is 4.39 Å². The molecule has 0 amide bonds. The molecule has 3 nitrogen and oxygen atoms in total. The first-order chi connectivity index (χ1) is 9.22. The molecule has 1 aromatic carbocycles. The summed E-state index contributed by atoms with van der Waals surface area (Å²) in [4.78, 5) is 5.44. The van der Waals surface area contributed by atoms with E-state index in [1.807, 2.05) is 28.3 Å². The van der Waals surface area contributed by atoms with Gasteiger partial charge in [-0.1, -0.05) is 6.07 Å². The molecule has 0 radical (unpaired) electrons. The summed E-state index contributed by atoms with van der Waals surface area (Å²) in [6, 6.07) is 8.59. The van der Waals surface area contributed by atoms with Gasteiger partial charge in [0.25, 0.3) is 0 Å². The summed E-state index contributed by atoms with van der Waals surface area (Å²) >= 11 is 1.63. The number of nitrogens with two attached hydrogens (primary N) is 1. The van der Waals surface area contributed by atoms with Crippen molar-refractivity contribution in [2.45, 2.75) is 6.54 Å². The van der Waals surface area contributed by atoms with Crippen LogP contribution in [-0.4, -0.2) is 9.55 Å². The van der Waals surface area contributed by atoms with E-state index in [1.165, 1.54) is 12.1 Å². The summed E-state index contributed by atoms with van der Waals surface area (Å²) in [6.45, 7) is 0.551. The number of nitrogen functional groups attached to an aromatic ring is 1. The topological polar surface area (TPSA) is 43.8 Å². The van der Waals surface area contributed by atoms with Crippen molar-refractivity contribution in [3.8, 4) is 10.7 Å². The molecular formula is C14H12FN3S. The first-order valence-corrected chi connectivity index (χ1v) is 6.70.